The lowest BCUT2D eigenvalue weighted by molar-refractivity contribution is -0.165. The molecule has 0 bridgehead atoms. The van der Waals surface area contributed by atoms with Crippen molar-refractivity contribution in [2.45, 2.75) is 32.4 Å². The number of amides is 1. The van der Waals surface area contributed by atoms with Crippen molar-refractivity contribution in [3.8, 4) is 0 Å². The first kappa shape index (κ1) is 18.0. The number of hydrogen-bond donors (Lipinski definition) is 0. The Kier molecular flexibility index (Phi) is 6.39. The molecule has 1 fully saturated rings. The number of halogens is 3. The van der Waals surface area contributed by atoms with Gasteiger partial charge in [-0.2, -0.15) is 13.2 Å². The molecule has 1 aliphatic heterocycles. The molecule has 0 aromatic carbocycles. The van der Waals surface area contributed by atoms with Gasteiger partial charge in [0.2, 0.25) is 5.76 Å². The summed E-state index contributed by atoms with van der Waals surface area (Å²) < 4.78 is 45.9. The zero-order chi connectivity index (χ0) is 16.8. The molecule has 0 aromatic rings. The smallest absolute Gasteiger partial charge is 0.454 e. The molecular weight excluding hydrogens is 307 g/mol. The minimum atomic E-state index is -5.17. The number of allylic oxidation sites excluding steroid dienone is 1. The van der Waals surface area contributed by atoms with E-state index in [1.165, 1.54) is 11.8 Å². The Hall–Kier alpha value is -2.06. The summed E-state index contributed by atoms with van der Waals surface area (Å²) in [6, 6.07) is 0. The molecule has 0 spiro atoms. The van der Waals surface area contributed by atoms with Crippen LogP contribution >= 0.6 is 0 Å². The monoisotopic (exact) mass is 323 g/mol. The number of hydrogen-bond acceptors (Lipinski definition) is 5. The van der Waals surface area contributed by atoms with Crippen LogP contribution in [0.3, 0.4) is 0 Å². The van der Waals surface area contributed by atoms with Gasteiger partial charge in [-0.25, -0.2) is 9.59 Å². The van der Waals surface area contributed by atoms with Crippen LogP contribution in [0, 0.1) is 0 Å². The lowest BCUT2D eigenvalue weighted by Crippen LogP contribution is -2.36. The molecule has 1 aliphatic rings. The van der Waals surface area contributed by atoms with Gasteiger partial charge in [-0.15, -0.1) is 0 Å². The number of likely N-dealkylation sites (tertiary alicyclic amines) is 1. The van der Waals surface area contributed by atoms with Crippen molar-refractivity contribution in [2.75, 3.05) is 19.7 Å². The summed E-state index contributed by atoms with van der Waals surface area (Å²) in [5.74, 6) is -4.67. The summed E-state index contributed by atoms with van der Waals surface area (Å²) in [6.07, 6.45) is -3.83. The molecule has 0 N–H and O–H groups in total. The van der Waals surface area contributed by atoms with Crippen molar-refractivity contribution >= 4 is 17.8 Å². The van der Waals surface area contributed by atoms with Crippen molar-refractivity contribution in [3.05, 3.63) is 11.8 Å². The minimum absolute atomic E-state index is 0.0696. The molecule has 0 aromatic heterocycles. The van der Waals surface area contributed by atoms with E-state index in [9.17, 15) is 27.6 Å². The molecule has 1 heterocycles. The largest absolute Gasteiger partial charge is 0.460 e. The Bertz CT molecular complexity index is 467. The van der Waals surface area contributed by atoms with Crippen LogP contribution in [-0.2, 0) is 19.1 Å². The maximum Gasteiger partial charge on any atom is 0.454 e. The fourth-order valence-corrected chi connectivity index (χ4v) is 1.77. The second-order valence-corrected chi connectivity index (χ2v) is 4.51. The van der Waals surface area contributed by atoms with Crippen LogP contribution < -0.4 is 0 Å². The zero-order valence-corrected chi connectivity index (χ0v) is 11.9. The Labute approximate surface area is 124 Å². The predicted molar refractivity (Wildman–Crippen MR) is 67.7 cm³/mol. The van der Waals surface area contributed by atoms with Crippen LogP contribution in [0.25, 0.3) is 0 Å². The van der Waals surface area contributed by atoms with Crippen molar-refractivity contribution < 1.29 is 37.0 Å². The third kappa shape index (κ3) is 5.38. The van der Waals surface area contributed by atoms with E-state index in [1.807, 2.05) is 0 Å². The first-order valence-corrected chi connectivity index (χ1v) is 6.72. The maximum absolute atomic E-state index is 12.3. The number of ether oxygens (including phenoxy) is 2. The van der Waals surface area contributed by atoms with Gasteiger partial charge >= 0.3 is 18.2 Å². The second-order valence-electron chi connectivity index (χ2n) is 4.51. The van der Waals surface area contributed by atoms with Crippen molar-refractivity contribution in [1.29, 1.82) is 0 Å². The molecule has 22 heavy (non-hydrogen) atoms. The number of nitrogens with zero attached hydrogens (tertiary/aromatic N) is 1. The molecule has 0 aliphatic carbocycles. The molecule has 0 atom stereocenters. The quantitative estimate of drug-likeness (QED) is 0.450. The number of rotatable bonds is 4. The summed E-state index contributed by atoms with van der Waals surface area (Å²) in [4.78, 5) is 35.5. The number of ketones is 1. The van der Waals surface area contributed by atoms with Crippen molar-refractivity contribution in [2.24, 2.45) is 0 Å². The van der Waals surface area contributed by atoms with Crippen molar-refractivity contribution in [1.82, 2.24) is 4.90 Å². The number of esters is 1. The highest BCUT2D eigenvalue weighted by Gasteiger charge is 2.38. The Morgan fingerprint density at radius 3 is 2.23 bits per heavy atom. The summed E-state index contributed by atoms with van der Waals surface area (Å²) >= 11 is 0. The SMILES string of the molecule is CCOC(=O)C(=CC(=O)C(F)(F)F)OC(=O)N1CCCCC1. The van der Waals surface area contributed by atoms with Gasteiger partial charge in [-0.3, -0.25) is 4.79 Å². The molecule has 1 amide bonds. The first-order chi connectivity index (χ1) is 10.3. The van der Waals surface area contributed by atoms with Gasteiger partial charge < -0.3 is 14.4 Å². The number of piperidine rings is 1. The van der Waals surface area contributed by atoms with Crippen LogP contribution in [0.15, 0.2) is 11.8 Å². The van der Waals surface area contributed by atoms with Crippen LogP contribution in [0.4, 0.5) is 18.0 Å². The number of carbonyl (C=O) groups excluding carboxylic acids is 3. The highest BCUT2D eigenvalue weighted by molar-refractivity contribution is 6.01. The highest BCUT2D eigenvalue weighted by Crippen LogP contribution is 2.19. The molecule has 1 rings (SSSR count). The van der Waals surface area contributed by atoms with Crippen LogP contribution in [0.5, 0.6) is 0 Å². The van der Waals surface area contributed by atoms with Gasteiger partial charge in [0.15, 0.2) is 0 Å². The number of alkyl halides is 3. The molecule has 124 valence electrons. The number of carbonyl (C=O) groups is 3. The average Bonchev–Trinajstić information content (AvgIpc) is 2.46. The van der Waals surface area contributed by atoms with E-state index in [1.54, 1.807) is 0 Å². The zero-order valence-electron chi connectivity index (χ0n) is 11.9. The van der Waals surface area contributed by atoms with Gasteiger partial charge in [0.1, 0.15) is 0 Å². The van der Waals surface area contributed by atoms with E-state index in [4.69, 9.17) is 0 Å². The second kappa shape index (κ2) is 7.81. The Morgan fingerprint density at radius 2 is 1.73 bits per heavy atom. The molecule has 1 saturated heterocycles. The minimum Gasteiger partial charge on any atom is -0.460 e. The summed E-state index contributed by atoms with van der Waals surface area (Å²) in [5, 5.41) is 0. The lowest BCUT2D eigenvalue weighted by atomic mass is 10.1. The average molecular weight is 323 g/mol. The van der Waals surface area contributed by atoms with E-state index >= 15 is 0 Å². The first-order valence-electron chi connectivity index (χ1n) is 6.72. The summed E-state index contributed by atoms with van der Waals surface area (Å²) in [7, 11) is 0. The third-order valence-corrected chi connectivity index (χ3v) is 2.83. The third-order valence-electron chi connectivity index (χ3n) is 2.83. The van der Waals surface area contributed by atoms with Crippen LogP contribution in [0.1, 0.15) is 26.2 Å². The van der Waals surface area contributed by atoms with Gasteiger partial charge in [0.05, 0.1) is 6.61 Å². The molecule has 9 heteroatoms. The highest BCUT2D eigenvalue weighted by atomic mass is 19.4. The van der Waals surface area contributed by atoms with E-state index in [0.717, 1.165) is 19.3 Å². The van der Waals surface area contributed by atoms with E-state index in [0.29, 0.717) is 13.1 Å². The fourth-order valence-electron chi connectivity index (χ4n) is 1.77. The molecule has 0 radical (unpaired) electrons. The Balaban J connectivity index is 2.86. The van der Waals surface area contributed by atoms with Gasteiger partial charge in [-0.05, 0) is 26.2 Å². The lowest BCUT2D eigenvalue weighted by Gasteiger charge is -2.25. The normalized spacial score (nSPS) is 16.2. The summed E-state index contributed by atoms with van der Waals surface area (Å²) in [5.41, 5.74) is 0. The van der Waals surface area contributed by atoms with E-state index in [-0.39, 0.29) is 12.7 Å². The predicted octanol–water partition coefficient (Wildman–Crippen LogP) is 2.19. The fraction of sp³-hybridized carbons (Fsp3) is 0.615. The Morgan fingerprint density at radius 1 is 1.14 bits per heavy atom. The molecule has 0 unspecified atom stereocenters. The van der Waals surface area contributed by atoms with E-state index < -0.39 is 29.8 Å². The van der Waals surface area contributed by atoms with Gasteiger partial charge in [0.25, 0.3) is 5.78 Å². The maximum atomic E-state index is 12.3. The van der Waals surface area contributed by atoms with Crippen LogP contribution in [-0.4, -0.2) is 48.6 Å². The molecular formula is C13H16F3NO5. The summed E-state index contributed by atoms with van der Waals surface area (Å²) in [6.45, 7) is 2.04. The molecule has 6 nitrogen and oxygen atoms in total. The van der Waals surface area contributed by atoms with E-state index in [2.05, 4.69) is 9.47 Å². The molecule has 0 saturated carbocycles. The topological polar surface area (TPSA) is 72.9 Å². The van der Waals surface area contributed by atoms with Crippen LogP contribution in [0.2, 0.25) is 0 Å². The standard InChI is InChI=1S/C13H16F3NO5/c1-2-21-11(19)9(8-10(18)13(14,15)16)22-12(20)17-6-4-3-5-7-17/h8H,2-7H2,1H3. The van der Waals surface area contributed by atoms with Gasteiger partial charge in [0, 0.05) is 19.2 Å². The van der Waals surface area contributed by atoms with Crippen molar-refractivity contribution in [3.63, 3.8) is 0 Å². The van der Waals surface area contributed by atoms with Gasteiger partial charge in [-0.1, -0.05) is 0 Å².